The molecule has 0 radical (unpaired) electrons. The molecule has 0 heterocycles. The number of unbranched alkanes of at least 4 members (excludes halogenated alkanes) is 2. The van der Waals surface area contributed by atoms with Crippen molar-refractivity contribution in [3.05, 3.63) is 11.6 Å². The van der Waals surface area contributed by atoms with Crippen LogP contribution in [0.2, 0.25) is 0 Å². The van der Waals surface area contributed by atoms with E-state index in [9.17, 15) is 14.7 Å². The molecule has 0 saturated carbocycles. The number of carboxylic acids is 2. The van der Waals surface area contributed by atoms with Crippen LogP contribution in [0.3, 0.4) is 0 Å². The summed E-state index contributed by atoms with van der Waals surface area (Å²) < 4.78 is 0. The molecular formula is C14H24O4. The van der Waals surface area contributed by atoms with E-state index in [0.29, 0.717) is 12.8 Å². The van der Waals surface area contributed by atoms with Crippen LogP contribution in [0.15, 0.2) is 11.6 Å². The van der Waals surface area contributed by atoms with E-state index in [4.69, 9.17) is 5.11 Å². The molecule has 18 heavy (non-hydrogen) atoms. The zero-order valence-electron chi connectivity index (χ0n) is 11.5. The number of hydrogen-bond donors (Lipinski definition) is 2. The molecule has 0 unspecified atom stereocenters. The molecule has 0 saturated heterocycles. The molecule has 0 aliphatic heterocycles. The zero-order valence-corrected chi connectivity index (χ0v) is 11.5. The lowest BCUT2D eigenvalue weighted by Gasteiger charge is -2.32. The van der Waals surface area contributed by atoms with Crippen LogP contribution in [-0.2, 0) is 9.59 Å². The molecule has 0 fully saturated rings. The van der Waals surface area contributed by atoms with E-state index in [0.717, 1.165) is 31.8 Å². The minimum Gasteiger partial charge on any atom is -0.478 e. The fourth-order valence-corrected chi connectivity index (χ4v) is 2.40. The molecule has 0 aliphatic rings. The van der Waals surface area contributed by atoms with E-state index >= 15 is 0 Å². The summed E-state index contributed by atoms with van der Waals surface area (Å²) in [6.07, 6.45) is 5.94. The SMILES string of the molecule is CCCCCC(CC)(CC)/C(=C/C(=O)O)C(=O)O. The normalized spacial score (nSPS) is 12.5. The van der Waals surface area contributed by atoms with Crippen molar-refractivity contribution in [1.29, 1.82) is 0 Å². The molecule has 104 valence electrons. The molecule has 0 rings (SSSR count). The maximum absolute atomic E-state index is 11.3. The van der Waals surface area contributed by atoms with Crippen LogP contribution < -0.4 is 0 Å². The van der Waals surface area contributed by atoms with Gasteiger partial charge in [-0.1, -0.05) is 40.0 Å². The van der Waals surface area contributed by atoms with Crippen LogP contribution >= 0.6 is 0 Å². The van der Waals surface area contributed by atoms with Gasteiger partial charge in [0.1, 0.15) is 0 Å². The van der Waals surface area contributed by atoms with Gasteiger partial charge in [-0.05, 0) is 19.3 Å². The summed E-state index contributed by atoms with van der Waals surface area (Å²) in [5.74, 6) is -2.30. The largest absolute Gasteiger partial charge is 0.478 e. The van der Waals surface area contributed by atoms with Crippen LogP contribution in [0.5, 0.6) is 0 Å². The molecule has 0 aromatic rings. The Labute approximate surface area is 109 Å². The monoisotopic (exact) mass is 256 g/mol. The second-order valence-electron chi connectivity index (χ2n) is 4.65. The maximum Gasteiger partial charge on any atom is 0.332 e. The van der Waals surface area contributed by atoms with Gasteiger partial charge in [-0.3, -0.25) is 0 Å². The van der Waals surface area contributed by atoms with Crippen molar-refractivity contribution in [1.82, 2.24) is 0 Å². The highest BCUT2D eigenvalue weighted by Gasteiger charge is 2.34. The lowest BCUT2D eigenvalue weighted by molar-refractivity contribution is -0.136. The third-order valence-corrected chi connectivity index (χ3v) is 3.68. The van der Waals surface area contributed by atoms with Gasteiger partial charge < -0.3 is 10.2 Å². The van der Waals surface area contributed by atoms with Crippen LogP contribution in [-0.4, -0.2) is 22.2 Å². The summed E-state index contributed by atoms with van der Waals surface area (Å²) >= 11 is 0. The van der Waals surface area contributed by atoms with Gasteiger partial charge in [-0.25, -0.2) is 9.59 Å². The minimum atomic E-state index is -1.19. The van der Waals surface area contributed by atoms with E-state index in [1.807, 2.05) is 13.8 Å². The van der Waals surface area contributed by atoms with Gasteiger partial charge >= 0.3 is 11.9 Å². The van der Waals surface area contributed by atoms with Crippen LogP contribution in [0.4, 0.5) is 0 Å². The second kappa shape index (κ2) is 7.90. The number of carboxylic acid groups (broad SMARTS) is 2. The van der Waals surface area contributed by atoms with Gasteiger partial charge in [0.25, 0.3) is 0 Å². The summed E-state index contributed by atoms with van der Waals surface area (Å²) in [5.41, 5.74) is -0.476. The summed E-state index contributed by atoms with van der Waals surface area (Å²) in [5, 5.41) is 18.1. The fraction of sp³-hybridized carbons (Fsp3) is 0.714. The van der Waals surface area contributed by atoms with Gasteiger partial charge in [-0.2, -0.15) is 0 Å². The fourth-order valence-electron chi connectivity index (χ4n) is 2.40. The predicted octanol–water partition coefficient (Wildman–Crippen LogP) is 3.47. The summed E-state index contributed by atoms with van der Waals surface area (Å²) in [7, 11) is 0. The Morgan fingerprint density at radius 1 is 1.06 bits per heavy atom. The van der Waals surface area contributed by atoms with Gasteiger partial charge in [0, 0.05) is 11.5 Å². The third kappa shape index (κ3) is 4.51. The van der Waals surface area contributed by atoms with Crippen LogP contribution in [0, 0.1) is 5.41 Å². The van der Waals surface area contributed by atoms with Crippen molar-refractivity contribution in [2.24, 2.45) is 5.41 Å². The summed E-state index contributed by atoms with van der Waals surface area (Å²) in [4.78, 5) is 22.1. The highest BCUT2D eigenvalue weighted by atomic mass is 16.4. The van der Waals surface area contributed by atoms with E-state index in [1.54, 1.807) is 0 Å². The van der Waals surface area contributed by atoms with E-state index in [1.165, 1.54) is 0 Å². The number of rotatable bonds is 9. The maximum atomic E-state index is 11.3. The lowest BCUT2D eigenvalue weighted by Crippen LogP contribution is -2.27. The summed E-state index contributed by atoms with van der Waals surface area (Å²) in [6.45, 7) is 5.94. The third-order valence-electron chi connectivity index (χ3n) is 3.68. The van der Waals surface area contributed by atoms with Crippen molar-refractivity contribution in [2.75, 3.05) is 0 Å². The van der Waals surface area contributed by atoms with Crippen LogP contribution in [0.25, 0.3) is 0 Å². The average molecular weight is 256 g/mol. The quantitative estimate of drug-likeness (QED) is 0.489. The van der Waals surface area contributed by atoms with E-state index in [2.05, 4.69) is 6.92 Å². The first-order valence-corrected chi connectivity index (χ1v) is 6.61. The molecule has 0 spiro atoms. The molecular weight excluding hydrogens is 232 g/mol. The standard InChI is InChI=1S/C14H24O4/c1-4-7-8-9-14(5-2,6-3)11(13(17)18)10-12(15)16/h10H,4-9H2,1-3H3,(H,15,16)(H,17,18)/b11-10+. The smallest absolute Gasteiger partial charge is 0.332 e. The zero-order chi connectivity index (χ0) is 14.2. The molecule has 0 amide bonds. The first-order chi connectivity index (χ1) is 8.43. The Morgan fingerprint density at radius 3 is 1.94 bits per heavy atom. The van der Waals surface area contributed by atoms with E-state index in [-0.39, 0.29) is 5.57 Å². The number of hydrogen-bond acceptors (Lipinski definition) is 2. The number of carbonyl (C=O) groups is 2. The van der Waals surface area contributed by atoms with Crippen molar-refractivity contribution < 1.29 is 19.8 Å². The summed E-state index contributed by atoms with van der Waals surface area (Å²) in [6, 6.07) is 0. The van der Waals surface area contributed by atoms with Gasteiger partial charge in [0.2, 0.25) is 0 Å². The Bertz CT molecular complexity index is 314. The highest BCUT2D eigenvalue weighted by Crippen LogP contribution is 2.40. The Kier molecular flexibility index (Phi) is 7.32. The molecule has 2 N–H and O–H groups in total. The van der Waals surface area contributed by atoms with Gasteiger partial charge in [0.15, 0.2) is 0 Å². The Balaban J connectivity index is 5.24. The molecule has 0 bridgehead atoms. The lowest BCUT2D eigenvalue weighted by atomic mass is 9.71. The van der Waals surface area contributed by atoms with Crippen molar-refractivity contribution in [3.8, 4) is 0 Å². The predicted molar refractivity (Wildman–Crippen MR) is 70.5 cm³/mol. The molecule has 4 heteroatoms. The molecule has 4 nitrogen and oxygen atoms in total. The van der Waals surface area contributed by atoms with Gasteiger partial charge in [-0.15, -0.1) is 0 Å². The Morgan fingerprint density at radius 2 is 1.61 bits per heavy atom. The van der Waals surface area contributed by atoms with Crippen molar-refractivity contribution >= 4 is 11.9 Å². The average Bonchev–Trinajstić information content (AvgIpc) is 2.32. The second-order valence-corrected chi connectivity index (χ2v) is 4.65. The van der Waals surface area contributed by atoms with E-state index < -0.39 is 17.4 Å². The van der Waals surface area contributed by atoms with Crippen LogP contribution in [0.1, 0.15) is 59.3 Å². The molecule has 0 aromatic carbocycles. The Hall–Kier alpha value is -1.32. The van der Waals surface area contributed by atoms with Crippen molar-refractivity contribution in [2.45, 2.75) is 59.3 Å². The number of aliphatic carboxylic acids is 2. The first kappa shape index (κ1) is 16.7. The molecule has 0 aliphatic carbocycles. The molecule has 0 atom stereocenters. The minimum absolute atomic E-state index is 0.0381. The molecule has 0 aromatic heterocycles. The first-order valence-electron chi connectivity index (χ1n) is 6.61. The van der Waals surface area contributed by atoms with Gasteiger partial charge in [0.05, 0.1) is 5.57 Å². The topological polar surface area (TPSA) is 74.6 Å². The van der Waals surface area contributed by atoms with Crippen molar-refractivity contribution in [3.63, 3.8) is 0 Å². The highest BCUT2D eigenvalue weighted by molar-refractivity contribution is 5.95.